The molecule has 0 bridgehead atoms. The first-order valence-electron chi connectivity index (χ1n) is 5.40. The predicted octanol–water partition coefficient (Wildman–Crippen LogP) is 1.16. The number of benzene rings is 1. The van der Waals surface area contributed by atoms with Gasteiger partial charge in [-0.05, 0) is 12.1 Å². The molecule has 1 aromatic carbocycles. The van der Waals surface area contributed by atoms with Crippen molar-refractivity contribution in [2.45, 2.75) is 5.79 Å². The van der Waals surface area contributed by atoms with Crippen molar-refractivity contribution in [2.24, 2.45) is 0 Å². The van der Waals surface area contributed by atoms with Crippen LogP contribution in [-0.4, -0.2) is 43.2 Å². The zero-order chi connectivity index (χ0) is 14.4. The lowest BCUT2D eigenvalue weighted by atomic mass is 10.3. The molecular weight excluding hydrogens is 275 g/mol. The molecule has 8 heteroatoms. The zero-order valence-electron chi connectivity index (χ0n) is 10.7. The highest BCUT2D eigenvalue weighted by atomic mass is 31.2. The average molecular weight is 292 g/mol. The third-order valence-electron chi connectivity index (χ3n) is 2.40. The Kier molecular flexibility index (Phi) is 5.93. The van der Waals surface area contributed by atoms with Crippen molar-refractivity contribution in [2.75, 3.05) is 27.4 Å². The third-order valence-corrected chi connectivity index (χ3v) is 3.29. The molecule has 2 N–H and O–H groups in total. The van der Waals surface area contributed by atoms with E-state index in [4.69, 9.17) is 23.6 Å². The first kappa shape index (κ1) is 16.1. The predicted molar refractivity (Wildman–Crippen MR) is 66.7 cm³/mol. The molecule has 0 fully saturated rings. The quantitative estimate of drug-likeness (QED) is 0.548. The normalized spacial score (nSPS) is 14.9. The molecule has 0 heterocycles. The number of methoxy groups -OCH3 is 2. The molecule has 0 aliphatic carbocycles. The van der Waals surface area contributed by atoms with Gasteiger partial charge in [-0.3, -0.25) is 9.42 Å². The molecular formula is C11H17O7P. The van der Waals surface area contributed by atoms with Gasteiger partial charge in [0.05, 0.1) is 6.61 Å². The lowest BCUT2D eigenvalue weighted by molar-refractivity contribution is -0.242. The molecule has 0 spiro atoms. The van der Waals surface area contributed by atoms with Gasteiger partial charge in [-0.15, -0.1) is 0 Å². The van der Waals surface area contributed by atoms with Gasteiger partial charge < -0.3 is 19.1 Å². The lowest BCUT2D eigenvalue weighted by Crippen LogP contribution is -2.42. The minimum Gasteiger partial charge on any atom is -0.404 e. The minimum atomic E-state index is -4.32. The van der Waals surface area contributed by atoms with E-state index in [1.54, 1.807) is 18.2 Å². The molecule has 1 unspecified atom stereocenters. The highest BCUT2D eigenvalue weighted by molar-refractivity contribution is 7.47. The number of aliphatic hydroxyl groups is 1. The maximum absolute atomic E-state index is 11.7. The Hall–Kier alpha value is -0.950. The Balaban J connectivity index is 2.62. The van der Waals surface area contributed by atoms with Crippen LogP contribution in [0.15, 0.2) is 30.3 Å². The molecule has 1 atom stereocenters. The van der Waals surface area contributed by atoms with Crippen LogP contribution in [-0.2, 0) is 18.6 Å². The summed E-state index contributed by atoms with van der Waals surface area (Å²) in [5.41, 5.74) is 0. The van der Waals surface area contributed by atoms with Gasteiger partial charge in [0, 0.05) is 14.2 Å². The van der Waals surface area contributed by atoms with Crippen molar-refractivity contribution < 1.29 is 33.1 Å². The first-order chi connectivity index (χ1) is 8.97. The molecule has 0 aliphatic heterocycles. The number of phosphoric ester groups is 1. The smallest absolute Gasteiger partial charge is 0.404 e. The monoisotopic (exact) mass is 292 g/mol. The van der Waals surface area contributed by atoms with E-state index in [-0.39, 0.29) is 5.75 Å². The van der Waals surface area contributed by atoms with Gasteiger partial charge in [0.1, 0.15) is 12.4 Å². The summed E-state index contributed by atoms with van der Waals surface area (Å²) in [5, 5.41) is 9.12. The van der Waals surface area contributed by atoms with Gasteiger partial charge in [-0.1, -0.05) is 18.2 Å². The molecule has 19 heavy (non-hydrogen) atoms. The van der Waals surface area contributed by atoms with Crippen LogP contribution in [0, 0.1) is 0 Å². The topological polar surface area (TPSA) is 94.5 Å². The number of hydrogen-bond acceptors (Lipinski definition) is 6. The second-order valence-electron chi connectivity index (χ2n) is 3.62. The molecule has 0 radical (unpaired) electrons. The second-order valence-corrected chi connectivity index (χ2v) is 5.00. The summed E-state index contributed by atoms with van der Waals surface area (Å²) in [5.74, 6) is -1.31. The Labute approximate surface area is 111 Å². The molecule has 0 amide bonds. The van der Waals surface area contributed by atoms with Crippen LogP contribution < -0.4 is 4.52 Å². The summed E-state index contributed by atoms with van der Waals surface area (Å²) in [4.78, 5) is 9.54. The number of rotatable bonds is 8. The van der Waals surface area contributed by atoms with Gasteiger partial charge in [-0.25, -0.2) is 4.57 Å². The average Bonchev–Trinajstić information content (AvgIpc) is 2.41. The maximum Gasteiger partial charge on any atom is 0.527 e. The van der Waals surface area contributed by atoms with Crippen molar-refractivity contribution in [3.8, 4) is 5.75 Å². The van der Waals surface area contributed by atoms with Gasteiger partial charge in [0.15, 0.2) is 0 Å². The van der Waals surface area contributed by atoms with Gasteiger partial charge >= 0.3 is 7.82 Å². The van der Waals surface area contributed by atoms with Crippen LogP contribution in [0.5, 0.6) is 5.75 Å². The van der Waals surface area contributed by atoms with E-state index < -0.39 is 26.8 Å². The summed E-state index contributed by atoms with van der Waals surface area (Å²) in [6.45, 7) is -0.998. The highest BCUT2D eigenvalue weighted by Crippen LogP contribution is 2.44. The summed E-state index contributed by atoms with van der Waals surface area (Å²) < 4.78 is 31.1. The molecule has 0 saturated heterocycles. The Morgan fingerprint density at radius 3 is 2.26 bits per heavy atom. The van der Waals surface area contributed by atoms with Crippen LogP contribution in [0.2, 0.25) is 0 Å². The second kappa shape index (κ2) is 7.00. The van der Waals surface area contributed by atoms with Crippen molar-refractivity contribution in [1.82, 2.24) is 0 Å². The van der Waals surface area contributed by atoms with E-state index in [2.05, 4.69) is 0 Å². The van der Waals surface area contributed by atoms with Gasteiger partial charge in [0.25, 0.3) is 0 Å². The Morgan fingerprint density at radius 1 is 1.21 bits per heavy atom. The Bertz CT molecular complexity index is 410. The van der Waals surface area contributed by atoms with Gasteiger partial charge in [0.2, 0.25) is 5.79 Å². The SMILES string of the molecule is COC(CO)(COP(=O)(O)Oc1ccccc1)OC. The fraction of sp³-hybridized carbons (Fsp3) is 0.455. The third kappa shape index (κ3) is 4.91. The van der Waals surface area contributed by atoms with Crippen LogP contribution in [0.3, 0.4) is 0 Å². The van der Waals surface area contributed by atoms with Crippen molar-refractivity contribution in [3.63, 3.8) is 0 Å². The van der Waals surface area contributed by atoms with Crippen LogP contribution in [0.1, 0.15) is 0 Å². The molecule has 1 aromatic rings. The first-order valence-corrected chi connectivity index (χ1v) is 6.89. The lowest BCUT2D eigenvalue weighted by Gasteiger charge is -2.28. The van der Waals surface area contributed by atoms with E-state index in [1.807, 2.05) is 0 Å². The van der Waals surface area contributed by atoms with E-state index in [0.717, 1.165) is 0 Å². The van der Waals surface area contributed by atoms with E-state index in [1.165, 1.54) is 26.4 Å². The number of ether oxygens (including phenoxy) is 2. The summed E-state index contributed by atoms with van der Waals surface area (Å²) >= 11 is 0. The fourth-order valence-electron chi connectivity index (χ4n) is 1.20. The number of aliphatic hydroxyl groups excluding tert-OH is 1. The minimum absolute atomic E-state index is 0.192. The molecule has 7 nitrogen and oxygen atoms in total. The molecule has 0 saturated carbocycles. The summed E-state index contributed by atoms with van der Waals surface area (Å²) in [6, 6.07) is 8.06. The summed E-state index contributed by atoms with van der Waals surface area (Å²) in [6.07, 6.45) is 0. The molecule has 108 valence electrons. The zero-order valence-corrected chi connectivity index (χ0v) is 11.6. The van der Waals surface area contributed by atoms with E-state index >= 15 is 0 Å². The van der Waals surface area contributed by atoms with E-state index in [9.17, 15) is 9.46 Å². The largest absolute Gasteiger partial charge is 0.527 e. The van der Waals surface area contributed by atoms with Crippen molar-refractivity contribution in [1.29, 1.82) is 0 Å². The van der Waals surface area contributed by atoms with Crippen LogP contribution in [0.4, 0.5) is 0 Å². The van der Waals surface area contributed by atoms with Crippen molar-refractivity contribution in [3.05, 3.63) is 30.3 Å². The van der Waals surface area contributed by atoms with Gasteiger partial charge in [-0.2, -0.15) is 0 Å². The number of hydrogen-bond donors (Lipinski definition) is 2. The summed E-state index contributed by atoms with van der Waals surface area (Å²) in [7, 11) is -1.76. The molecule has 1 rings (SSSR count). The van der Waals surface area contributed by atoms with Crippen LogP contribution >= 0.6 is 7.82 Å². The van der Waals surface area contributed by atoms with Crippen molar-refractivity contribution >= 4 is 7.82 Å². The van der Waals surface area contributed by atoms with Crippen LogP contribution in [0.25, 0.3) is 0 Å². The standard InChI is InChI=1S/C11H17O7P/c1-15-11(8-12,16-2)9-17-19(13,14)18-10-6-4-3-5-7-10/h3-7,12H,8-9H2,1-2H3,(H,13,14). The highest BCUT2D eigenvalue weighted by Gasteiger charge is 2.34. The van der Waals surface area contributed by atoms with E-state index in [0.29, 0.717) is 0 Å². The molecule has 0 aliphatic rings. The fourth-order valence-corrected chi connectivity index (χ4v) is 2.00. The molecule has 0 aromatic heterocycles. The number of phosphoric acid groups is 1. The maximum atomic E-state index is 11.7. The number of para-hydroxylation sites is 1. The Morgan fingerprint density at radius 2 is 1.79 bits per heavy atom.